The number of benzene rings is 2. The Morgan fingerprint density at radius 3 is 2.20 bits per heavy atom. The summed E-state index contributed by atoms with van der Waals surface area (Å²) in [5.41, 5.74) is 10.4. The Morgan fingerprint density at radius 2 is 1.56 bits per heavy atom. The van der Waals surface area contributed by atoms with Crippen molar-refractivity contribution in [3.8, 4) is 23.0 Å². The second kappa shape index (κ2) is 11.0. The summed E-state index contributed by atoms with van der Waals surface area (Å²) in [7, 11) is -1.50. The standard InChI is InChI=1S/C34H47N3O3Si/c1-32(2,3)27-15-23(13-12-14-41(9,10)11)30(38)25(17-27)20-37-21-29(35-36-37)19-24-16-28(33(4,5)6)18-26-22-39-34(7,8)40-31(24)26/h15-18,21,38H,13,19-20,22H2,1-11H3. The van der Waals surface area contributed by atoms with E-state index in [-0.39, 0.29) is 10.8 Å². The molecule has 0 saturated carbocycles. The van der Waals surface area contributed by atoms with Crippen molar-refractivity contribution in [3.63, 3.8) is 0 Å². The zero-order valence-electron chi connectivity index (χ0n) is 26.8. The molecule has 0 atom stereocenters. The number of phenolic OH excluding ortho intramolecular Hbond substituents is 1. The molecule has 4 rings (SSSR count). The molecule has 0 aliphatic carbocycles. The number of hydrogen-bond acceptors (Lipinski definition) is 5. The molecule has 1 aliphatic rings. The number of nitrogens with zero attached hydrogens (tertiary/aromatic N) is 3. The summed E-state index contributed by atoms with van der Waals surface area (Å²) in [6, 6.07) is 8.61. The van der Waals surface area contributed by atoms with Crippen molar-refractivity contribution in [1.29, 1.82) is 0 Å². The van der Waals surface area contributed by atoms with Gasteiger partial charge in [-0.1, -0.05) is 78.5 Å². The van der Waals surface area contributed by atoms with Crippen LogP contribution in [0.15, 0.2) is 30.5 Å². The van der Waals surface area contributed by atoms with Gasteiger partial charge < -0.3 is 14.6 Å². The highest BCUT2D eigenvalue weighted by molar-refractivity contribution is 6.83. The third kappa shape index (κ3) is 7.81. The summed E-state index contributed by atoms with van der Waals surface area (Å²) < 4.78 is 14.1. The molecule has 2 aromatic carbocycles. The quantitative estimate of drug-likeness (QED) is 0.256. The average molecular weight is 574 g/mol. The van der Waals surface area contributed by atoms with E-state index in [0.29, 0.717) is 31.7 Å². The van der Waals surface area contributed by atoms with Gasteiger partial charge in [0.2, 0.25) is 5.79 Å². The molecule has 0 saturated heterocycles. The molecule has 1 N–H and O–H groups in total. The molecule has 0 amide bonds. The largest absolute Gasteiger partial charge is 0.507 e. The van der Waals surface area contributed by atoms with Gasteiger partial charge in [-0.15, -0.1) is 16.6 Å². The highest BCUT2D eigenvalue weighted by Gasteiger charge is 2.31. The maximum absolute atomic E-state index is 11.3. The molecular formula is C34H47N3O3Si. The van der Waals surface area contributed by atoms with Gasteiger partial charge >= 0.3 is 0 Å². The fourth-order valence-corrected chi connectivity index (χ4v) is 5.42. The van der Waals surface area contributed by atoms with Gasteiger partial charge in [0.1, 0.15) is 19.6 Å². The fourth-order valence-electron chi connectivity index (χ4n) is 4.80. The monoisotopic (exact) mass is 573 g/mol. The van der Waals surface area contributed by atoms with Crippen LogP contribution >= 0.6 is 0 Å². The van der Waals surface area contributed by atoms with Crippen LogP contribution in [0.1, 0.15) is 94.5 Å². The van der Waals surface area contributed by atoms with Crippen molar-refractivity contribution < 1.29 is 14.6 Å². The topological polar surface area (TPSA) is 69.4 Å². The smallest absolute Gasteiger partial charge is 0.205 e. The van der Waals surface area contributed by atoms with Crippen LogP contribution in [0.5, 0.6) is 11.5 Å². The lowest BCUT2D eigenvalue weighted by Gasteiger charge is -2.35. The summed E-state index contributed by atoms with van der Waals surface area (Å²) in [5.74, 6) is 3.81. The van der Waals surface area contributed by atoms with Gasteiger partial charge in [0.05, 0.1) is 18.8 Å². The molecular weight excluding hydrogens is 526 g/mol. The Hall–Kier alpha value is -3.08. The van der Waals surface area contributed by atoms with Gasteiger partial charge in [0.15, 0.2) is 0 Å². The Labute approximate surface area is 247 Å². The minimum absolute atomic E-state index is 0.0128. The first kappa shape index (κ1) is 30.9. The molecule has 3 aromatic rings. The zero-order valence-corrected chi connectivity index (χ0v) is 27.8. The highest BCUT2D eigenvalue weighted by Crippen LogP contribution is 2.39. The maximum atomic E-state index is 11.3. The first-order valence-electron chi connectivity index (χ1n) is 14.5. The van der Waals surface area contributed by atoms with E-state index in [4.69, 9.17) is 9.47 Å². The Bertz CT molecular complexity index is 1490. The Morgan fingerprint density at radius 1 is 0.951 bits per heavy atom. The number of ether oxygens (including phenoxy) is 2. The SMILES string of the molecule is CC1(C)OCc2cc(C(C)(C)C)cc(Cc3cn(Cc4cc(C(C)(C)C)cc(CC#C[Si](C)(C)C)c4O)nn3)c2O1. The van der Waals surface area contributed by atoms with E-state index >= 15 is 0 Å². The van der Waals surface area contributed by atoms with Gasteiger partial charge in [-0.25, -0.2) is 4.68 Å². The molecule has 0 radical (unpaired) electrons. The zero-order chi connectivity index (χ0) is 30.4. The first-order valence-corrected chi connectivity index (χ1v) is 18.0. The lowest BCUT2D eigenvalue weighted by molar-refractivity contribution is -0.180. The van der Waals surface area contributed by atoms with Crippen LogP contribution in [0.3, 0.4) is 0 Å². The van der Waals surface area contributed by atoms with E-state index in [0.717, 1.165) is 33.7 Å². The first-order chi connectivity index (χ1) is 18.8. The van der Waals surface area contributed by atoms with Crippen molar-refractivity contribution in [2.45, 2.75) is 118 Å². The predicted octanol–water partition coefficient (Wildman–Crippen LogP) is 7.29. The fraction of sp³-hybridized carbons (Fsp3) is 0.529. The van der Waals surface area contributed by atoms with Crippen LogP contribution < -0.4 is 4.74 Å². The van der Waals surface area contributed by atoms with E-state index < -0.39 is 13.9 Å². The summed E-state index contributed by atoms with van der Waals surface area (Å²) in [6.07, 6.45) is 3.09. The van der Waals surface area contributed by atoms with Gasteiger partial charge in [0.25, 0.3) is 0 Å². The molecule has 0 bridgehead atoms. The minimum atomic E-state index is -1.50. The van der Waals surface area contributed by atoms with Gasteiger partial charge in [-0.2, -0.15) is 0 Å². The molecule has 2 heterocycles. The van der Waals surface area contributed by atoms with E-state index in [1.54, 1.807) is 0 Å². The second-order valence-electron chi connectivity index (χ2n) is 14.9. The molecule has 0 unspecified atom stereocenters. The van der Waals surface area contributed by atoms with Crippen LogP contribution in [0.4, 0.5) is 0 Å². The normalized spacial score (nSPS) is 15.1. The van der Waals surface area contributed by atoms with Crippen molar-refractivity contribution in [1.82, 2.24) is 15.0 Å². The maximum Gasteiger partial charge on any atom is 0.205 e. The molecule has 0 fully saturated rings. The highest BCUT2D eigenvalue weighted by atomic mass is 28.3. The van der Waals surface area contributed by atoms with E-state index in [1.165, 1.54) is 11.1 Å². The summed E-state index contributed by atoms with van der Waals surface area (Å²) >= 11 is 0. The van der Waals surface area contributed by atoms with Gasteiger partial charge in [-0.05, 0) is 34.1 Å². The van der Waals surface area contributed by atoms with E-state index in [9.17, 15) is 5.11 Å². The Kier molecular flexibility index (Phi) is 8.25. The predicted molar refractivity (Wildman–Crippen MR) is 168 cm³/mol. The van der Waals surface area contributed by atoms with Gasteiger partial charge in [0, 0.05) is 55.1 Å². The number of hydrogen-bond donors (Lipinski definition) is 1. The number of aromatic hydroxyl groups is 1. The molecule has 6 nitrogen and oxygen atoms in total. The molecule has 220 valence electrons. The van der Waals surface area contributed by atoms with E-state index in [1.807, 2.05) is 24.7 Å². The number of phenols is 1. The van der Waals surface area contributed by atoms with Crippen molar-refractivity contribution >= 4 is 8.07 Å². The summed E-state index contributed by atoms with van der Waals surface area (Å²) in [4.78, 5) is 0. The van der Waals surface area contributed by atoms with Crippen LogP contribution in [-0.4, -0.2) is 34.0 Å². The molecule has 1 aliphatic heterocycles. The average Bonchev–Trinajstić information content (AvgIpc) is 3.25. The lowest BCUT2D eigenvalue weighted by atomic mass is 9.84. The number of rotatable bonds is 5. The minimum Gasteiger partial charge on any atom is -0.507 e. The third-order valence-electron chi connectivity index (χ3n) is 7.20. The van der Waals surface area contributed by atoms with E-state index in [2.05, 4.69) is 107 Å². The van der Waals surface area contributed by atoms with Crippen LogP contribution in [0, 0.1) is 11.5 Å². The van der Waals surface area contributed by atoms with Crippen molar-refractivity contribution in [3.05, 3.63) is 69.5 Å². The lowest BCUT2D eigenvalue weighted by Crippen LogP contribution is -2.36. The number of fused-ring (bicyclic) bond motifs is 1. The Balaban J connectivity index is 1.65. The number of aromatic nitrogens is 3. The van der Waals surface area contributed by atoms with Gasteiger partial charge in [-0.3, -0.25) is 0 Å². The van der Waals surface area contributed by atoms with Crippen molar-refractivity contribution in [2.75, 3.05) is 0 Å². The molecule has 0 spiro atoms. The molecule has 1 aromatic heterocycles. The summed E-state index contributed by atoms with van der Waals surface area (Å²) in [5, 5.41) is 20.2. The van der Waals surface area contributed by atoms with Crippen molar-refractivity contribution in [2.24, 2.45) is 0 Å². The third-order valence-corrected chi connectivity index (χ3v) is 8.12. The molecule has 41 heavy (non-hydrogen) atoms. The van der Waals surface area contributed by atoms with Crippen LogP contribution in [0.2, 0.25) is 19.6 Å². The molecule has 7 heteroatoms. The second-order valence-corrected chi connectivity index (χ2v) is 19.6. The summed E-state index contributed by atoms with van der Waals surface area (Å²) in [6.45, 7) is 24.7. The van der Waals surface area contributed by atoms with Crippen LogP contribution in [0.25, 0.3) is 0 Å². The van der Waals surface area contributed by atoms with Crippen LogP contribution in [-0.2, 0) is 41.6 Å².